The molecule has 14 heavy (non-hydrogen) atoms. The van der Waals surface area contributed by atoms with Crippen molar-refractivity contribution in [1.29, 1.82) is 0 Å². The van der Waals surface area contributed by atoms with Gasteiger partial charge >= 0.3 is 0 Å². The Labute approximate surface area is 87.6 Å². The van der Waals surface area contributed by atoms with Gasteiger partial charge in [-0.2, -0.15) is 0 Å². The van der Waals surface area contributed by atoms with Crippen molar-refractivity contribution in [3.8, 4) is 0 Å². The average Bonchev–Trinajstić information content (AvgIpc) is 2.00. The van der Waals surface area contributed by atoms with E-state index in [0.717, 1.165) is 32.3 Å². The molecule has 2 N–H and O–H groups in total. The summed E-state index contributed by atoms with van der Waals surface area (Å²) in [5, 5.41) is 0. The number of hydrogen-bond acceptors (Lipinski definition) is 3. The molecule has 0 atom stereocenters. The van der Waals surface area contributed by atoms with Crippen LogP contribution in [0.5, 0.6) is 0 Å². The minimum atomic E-state index is 0.344. The Morgan fingerprint density at radius 1 is 1.36 bits per heavy atom. The van der Waals surface area contributed by atoms with Gasteiger partial charge in [-0.25, -0.2) is 0 Å². The summed E-state index contributed by atoms with van der Waals surface area (Å²) in [6.45, 7) is 7.83. The Balaban J connectivity index is 2.14. The first kappa shape index (κ1) is 12.0. The molecule has 0 aromatic carbocycles. The zero-order valence-corrected chi connectivity index (χ0v) is 9.54. The molecular weight excluding hydrogens is 176 g/mol. The van der Waals surface area contributed by atoms with Gasteiger partial charge < -0.3 is 10.5 Å². The summed E-state index contributed by atoms with van der Waals surface area (Å²) in [5.41, 5.74) is 5.60. The maximum Gasteiger partial charge on any atom is 0.0597 e. The third-order valence-electron chi connectivity index (χ3n) is 2.84. The monoisotopic (exact) mass is 200 g/mol. The lowest BCUT2D eigenvalue weighted by atomic mass is 9.91. The minimum absolute atomic E-state index is 0.344. The molecule has 1 saturated carbocycles. The fourth-order valence-corrected chi connectivity index (χ4v) is 1.80. The Hall–Kier alpha value is -0.120. The van der Waals surface area contributed by atoms with E-state index < -0.39 is 0 Å². The van der Waals surface area contributed by atoms with Crippen LogP contribution in [0, 0.1) is 0 Å². The molecule has 84 valence electrons. The Morgan fingerprint density at radius 2 is 2.07 bits per heavy atom. The zero-order valence-electron chi connectivity index (χ0n) is 9.54. The molecule has 0 saturated heterocycles. The number of ether oxygens (including phenoxy) is 1. The maximum atomic E-state index is 5.60. The highest BCUT2D eigenvalue weighted by molar-refractivity contribution is 4.80. The molecule has 0 bridgehead atoms. The van der Waals surface area contributed by atoms with Crippen LogP contribution >= 0.6 is 0 Å². The van der Waals surface area contributed by atoms with Crippen LogP contribution in [-0.4, -0.2) is 43.3 Å². The first-order valence-corrected chi connectivity index (χ1v) is 5.79. The molecule has 1 fully saturated rings. The van der Waals surface area contributed by atoms with E-state index >= 15 is 0 Å². The van der Waals surface area contributed by atoms with E-state index in [1.165, 1.54) is 19.3 Å². The largest absolute Gasteiger partial charge is 0.377 e. The summed E-state index contributed by atoms with van der Waals surface area (Å²) in [6.07, 6.45) is 4.43. The summed E-state index contributed by atoms with van der Waals surface area (Å²) in [5.74, 6) is 0. The van der Waals surface area contributed by atoms with Crippen LogP contribution in [0.25, 0.3) is 0 Å². The van der Waals surface area contributed by atoms with Gasteiger partial charge in [0.25, 0.3) is 0 Å². The van der Waals surface area contributed by atoms with Crippen molar-refractivity contribution in [2.45, 2.75) is 45.3 Å². The highest BCUT2D eigenvalue weighted by Gasteiger charge is 2.23. The molecule has 1 aliphatic carbocycles. The topological polar surface area (TPSA) is 38.5 Å². The first-order valence-electron chi connectivity index (χ1n) is 5.79. The molecular formula is C11H24N2O. The lowest BCUT2D eigenvalue weighted by Crippen LogP contribution is -2.44. The molecule has 0 heterocycles. The van der Waals surface area contributed by atoms with Gasteiger partial charge in [0.2, 0.25) is 0 Å². The smallest absolute Gasteiger partial charge is 0.0597 e. The van der Waals surface area contributed by atoms with E-state index in [0.29, 0.717) is 6.10 Å². The maximum absolute atomic E-state index is 5.60. The SMILES string of the molecule is CC(C)OCCN(CCN)C1CCC1. The predicted molar refractivity (Wildman–Crippen MR) is 59.4 cm³/mol. The molecule has 3 heteroatoms. The first-order chi connectivity index (χ1) is 6.74. The van der Waals surface area contributed by atoms with Crippen LogP contribution < -0.4 is 5.73 Å². The van der Waals surface area contributed by atoms with Crippen LogP contribution in [-0.2, 0) is 4.74 Å². The van der Waals surface area contributed by atoms with Crippen LogP contribution in [0.15, 0.2) is 0 Å². The predicted octanol–water partition coefficient (Wildman–Crippen LogP) is 1.22. The Bertz CT molecular complexity index is 146. The lowest BCUT2D eigenvalue weighted by Gasteiger charge is -2.37. The van der Waals surface area contributed by atoms with Crippen molar-refractivity contribution in [1.82, 2.24) is 4.90 Å². The minimum Gasteiger partial charge on any atom is -0.377 e. The zero-order chi connectivity index (χ0) is 10.4. The van der Waals surface area contributed by atoms with Crippen molar-refractivity contribution in [2.75, 3.05) is 26.2 Å². The van der Waals surface area contributed by atoms with E-state index in [4.69, 9.17) is 10.5 Å². The third kappa shape index (κ3) is 3.95. The van der Waals surface area contributed by atoms with E-state index in [2.05, 4.69) is 18.7 Å². The molecule has 0 amide bonds. The van der Waals surface area contributed by atoms with Gasteiger partial charge in [-0.1, -0.05) is 6.42 Å². The fourth-order valence-electron chi connectivity index (χ4n) is 1.80. The molecule has 0 unspecified atom stereocenters. The van der Waals surface area contributed by atoms with Crippen molar-refractivity contribution >= 4 is 0 Å². The molecule has 0 aromatic rings. The van der Waals surface area contributed by atoms with E-state index in [-0.39, 0.29) is 0 Å². The van der Waals surface area contributed by atoms with E-state index in [9.17, 15) is 0 Å². The van der Waals surface area contributed by atoms with Crippen LogP contribution in [0.2, 0.25) is 0 Å². The van der Waals surface area contributed by atoms with Gasteiger partial charge in [0, 0.05) is 25.7 Å². The van der Waals surface area contributed by atoms with Crippen molar-refractivity contribution in [3.05, 3.63) is 0 Å². The summed E-state index contributed by atoms with van der Waals surface area (Å²) in [4.78, 5) is 2.48. The van der Waals surface area contributed by atoms with Gasteiger partial charge in [-0.15, -0.1) is 0 Å². The molecule has 0 aromatic heterocycles. The molecule has 1 rings (SSSR count). The standard InChI is InChI=1S/C11H24N2O/c1-10(2)14-9-8-13(7-6-12)11-4-3-5-11/h10-11H,3-9,12H2,1-2H3. The quantitative estimate of drug-likeness (QED) is 0.671. The number of nitrogens with zero attached hydrogens (tertiary/aromatic N) is 1. The highest BCUT2D eigenvalue weighted by Crippen LogP contribution is 2.24. The summed E-state index contributed by atoms with van der Waals surface area (Å²) in [6, 6.07) is 0.786. The molecule has 3 nitrogen and oxygen atoms in total. The van der Waals surface area contributed by atoms with Gasteiger partial charge in [0.1, 0.15) is 0 Å². The van der Waals surface area contributed by atoms with Gasteiger partial charge in [-0.3, -0.25) is 4.90 Å². The molecule has 0 radical (unpaired) electrons. The number of hydrogen-bond donors (Lipinski definition) is 1. The second-order valence-corrected chi connectivity index (χ2v) is 4.33. The third-order valence-corrected chi connectivity index (χ3v) is 2.84. The van der Waals surface area contributed by atoms with Crippen molar-refractivity contribution < 1.29 is 4.74 Å². The fraction of sp³-hybridized carbons (Fsp3) is 1.00. The van der Waals surface area contributed by atoms with Gasteiger partial charge in [0.15, 0.2) is 0 Å². The van der Waals surface area contributed by atoms with Crippen molar-refractivity contribution in [3.63, 3.8) is 0 Å². The molecule has 0 aliphatic heterocycles. The normalized spacial score (nSPS) is 17.8. The Kier molecular flexibility index (Phi) is 5.45. The summed E-state index contributed by atoms with van der Waals surface area (Å²) < 4.78 is 5.55. The van der Waals surface area contributed by atoms with Crippen LogP contribution in [0.1, 0.15) is 33.1 Å². The van der Waals surface area contributed by atoms with Crippen molar-refractivity contribution in [2.24, 2.45) is 5.73 Å². The summed E-state index contributed by atoms with van der Waals surface area (Å²) in [7, 11) is 0. The second kappa shape index (κ2) is 6.38. The summed E-state index contributed by atoms with van der Waals surface area (Å²) >= 11 is 0. The second-order valence-electron chi connectivity index (χ2n) is 4.33. The molecule has 1 aliphatic rings. The highest BCUT2D eigenvalue weighted by atomic mass is 16.5. The van der Waals surface area contributed by atoms with Gasteiger partial charge in [-0.05, 0) is 26.7 Å². The van der Waals surface area contributed by atoms with Crippen LogP contribution in [0.4, 0.5) is 0 Å². The Morgan fingerprint density at radius 3 is 2.50 bits per heavy atom. The van der Waals surface area contributed by atoms with Gasteiger partial charge in [0.05, 0.1) is 12.7 Å². The average molecular weight is 200 g/mol. The lowest BCUT2D eigenvalue weighted by molar-refractivity contribution is 0.0371. The van der Waals surface area contributed by atoms with E-state index in [1.54, 1.807) is 0 Å². The number of rotatable bonds is 7. The number of nitrogens with two attached hydrogens (primary N) is 1. The van der Waals surface area contributed by atoms with E-state index in [1.807, 2.05) is 0 Å². The molecule has 0 spiro atoms. The van der Waals surface area contributed by atoms with Crippen LogP contribution in [0.3, 0.4) is 0 Å².